The van der Waals surface area contributed by atoms with Gasteiger partial charge in [-0.1, -0.05) is 11.6 Å². The van der Waals surface area contributed by atoms with Crippen molar-refractivity contribution < 1.29 is 23.1 Å². The Balaban J connectivity index is 2.37. The van der Waals surface area contributed by atoms with Crippen LogP contribution in [0.3, 0.4) is 0 Å². The molecule has 0 atom stereocenters. The van der Waals surface area contributed by atoms with Crippen LogP contribution in [0.2, 0.25) is 5.02 Å². The van der Waals surface area contributed by atoms with Gasteiger partial charge in [-0.15, -0.1) is 0 Å². The van der Waals surface area contributed by atoms with Crippen molar-refractivity contribution in [2.24, 2.45) is 5.73 Å². The molecule has 0 bridgehead atoms. The fourth-order valence-corrected chi connectivity index (χ4v) is 4.48. The first-order valence-electron chi connectivity index (χ1n) is 8.33. The molecule has 1 aromatic carbocycles. The molecular formula is C17H25ClN2O5S. The first-order chi connectivity index (χ1) is 11.9. The van der Waals surface area contributed by atoms with E-state index in [1.165, 1.54) is 22.5 Å². The van der Waals surface area contributed by atoms with Crippen molar-refractivity contribution in [3.63, 3.8) is 0 Å². The summed E-state index contributed by atoms with van der Waals surface area (Å²) in [5.74, 6) is -0.756. The lowest BCUT2D eigenvalue weighted by Crippen LogP contribution is -2.50. The summed E-state index contributed by atoms with van der Waals surface area (Å²) >= 11 is 5.96. The van der Waals surface area contributed by atoms with E-state index in [1.54, 1.807) is 20.8 Å². The van der Waals surface area contributed by atoms with E-state index in [1.807, 2.05) is 0 Å². The average Bonchev–Trinajstić information content (AvgIpc) is 2.53. The summed E-state index contributed by atoms with van der Waals surface area (Å²) < 4.78 is 32.7. The van der Waals surface area contributed by atoms with E-state index in [-0.39, 0.29) is 48.0 Å². The second-order valence-corrected chi connectivity index (χ2v) is 9.82. The number of carbonyl (C=O) groups excluding carboxylic acids is 1. The minimum Gasteiger partial charge on any atom is -0.456 e. The number of sulfonamides is 1. The van der Waals surface area contributed by atoms with Crippen LogP contribution in [-0.2, 0) is 14.8 Å². The van der Waals surface area contributed by atoms with Crippen LogP contribution in [-0.4, -0.2) is 54.6 Å². The molecule has 0 aromatic heterocycles. The SMILES string of the molecule is CC(C)(C)OC(=O)c1cc(Cl)ccc1S(=O)(=O)N1CCC(O)(CN)CC1. The Labute approximate surface area is 159 Å². The lowest BCUT2D eigenvalue weighted by molar-refractivity contribution is 0.00269. The van der Waals surface area contributed by atoms with Crippen LogP contribution in [0.15, 0.2) is 23.1 Å². The average molecular weight is 405 g/mol. The first-order valence-corrected chi connectivity index (χ1v) is 10.2. The number of carbonyl (C=O) groups is 1. The van der Waals surface area contributed by atoms with Crippen molar-refractivity contribution in [2.45, 2.75) is 49.7 Å². The third-order valence-electron chi connectivity index (χ3n) is 4.21. The smallest absolute Gasteiger partial charge is 0.340 e. The maximum atomic E-state index is 13.1. The zero-order valence-electron chi connectivity index (χ0n) is 15.2. The topological polar surface area (TPSA) is 110 Å². The van der Waals surface area contributed by atoms with Crippen LogP contribution in [0, 0.1) is 0 Å². The van der Waals surface area contributed by atoms with Gasteiger partial charge in [-0.05, 0) is 51.8 Å². The van der Waals surface area contributed by atoms with Crippen molar-refractivity contribution in [3.8, 4) is 0 Å². The minimum atomic E-state index is -3.95. The zero-order valence-corrected chi connectivity index (χ0v) is 16.7. The van der Waals surface area contributed by atoms with Gasteiger partial charge in [0.1, 0.15) is 5.60 Å². The van der Waals surface area contributed by atoms with Gasteiger partial charge in [0.05, 0.1) is 16.1 Å². The fraction of sp³-hybridized carbons (Fsp3) is 0.588. The van der Waals surface area contributed by atoms with Crippen molar-refractivity contribution in [1.82, 2.24) is 4.31 Å². The molecule has 2 rings (SSSR count). The lowest BCUT2D eigenvalue weighted by Gasteiger charge is -2.36. The molecule has 1 aliphatic rings. The van der Waals surface area contributed by atoms with Crippen molar-refractivity contribution >= 4 is 27.6 Å². The number of hydrogen-bond acceptors (Lipinski definition) is 6. The number of ether oxygens (including phenoxy) is 1. The summed E-state index contributed by atoms with van der Waals surface area (Å²) in [4.78, 5) is 12.3. The second-order valence-electron chi connectivity index (χ2n) is 7.47. The second kappa shape index (κ2) is 7.44. The van der Waals surface area contributed by atoms with Gasteiger partial charge in [-0.2, -0.15) is 4.31 Å². The molecule has 3 N–H and O–H groups in total. The molecular weight excluding hydrogens is 380 g/mol. The number of esters is 1. The quantitative estimate of drug-likeness (QED) is 0.740. The van der Waals surface area contributed by atoms with E-state index in [9.17, 15) is 18.3 Å². The maximum absolute atomic E-state index is 13.1. The van der Waals surface area contributed by atoms with E-state index < -0.39 is 27.2 Å². The van der Waals surface area contributed by atoms with E-state index in [4.69, 9.17) is 22.1 Å². The van der Waals surface area contributed by atoms with Crippen LogP contribution < -0.4 is 5.73 Å². The number of benzene rings is 1. The Morgan fingerprint density at radius 1 is 1.35 bits per heavy atom. The van der Waals surface area contributed by atoms with E-state index in [0.29, 0.717) is 0 Å². The highest BCUT2D eigenvalue weighted by atomic mass is 35.5. The summed E-state index contributed by atoms with van der Waals surface area (Å²) in [5.41, 5.74) is 3.61. The monoisotopic (exact) mass is 404 g/mol. The van der Waals surface area contributed by atoms with Crippen LogP contribution >= 0.6 is 11.6 Å². The number of piperidine rings is 1. The van der Waals surface area contributed by atoms with Crippen molar-refractivity contribution in [3.05, 3.63) is 28.8 Å². The molecule has 0 unspecified atom stereocenters. The highest BCUT2D eigenvalue weighted by molar-refractivity contribution is 7.89. The summed E-state index contributed by atoms with van der Waals surface area (Å²) in [6.45, 7) is 5.40. The van der Waals surface area contributed by atoms with Gasteiger partial charge in [0.25, 0.3) is 0 Å². The van der Waals surface area contributed by atoms with E-state index in [2.05, 4.69) is 0 Å². The molecule has 0 spiro atoms. The number of nitrogens with zero attached hydrogens (tertiary/aromatic N) is 1. The molecule has 0 radical (unpaired) electrons. The van der Waals surface area contributed by atoms with Crippen LogP contribution in [0.1, 0.15) is 44.0 Å². The van der Waals surface area contributed by atoms with Gasteiger partial charge in [-0.25, -0.2) is 13.2 Å². The largest absolute Gasteiger partial charge is 0.456 e. The Kier molecular flexibility index (Phi) is 6.04. The molecule has 1 aromatic rings. The van der Waals surface area contributed by atoms with Gasteiger partial charge in [0.15, 0.2) is 0 Å². The molecule has 1 saturated heterocycles. The molecule has 1 fully saturated rings. The normalized spacial score (nSPS) is 18.5. The predicted octanol–water partition coefficient (Wildman–Crippen LogP) is 1.77. The Morgan fingerprint density at radius 2 is 1.92 bits per heavy atom. The van der Waals surface area contributed by atoms with Gasteiger partial charge in [-0.3, -0.25) is 0 Å². The number of halogens is 1. The highest BCUT2D eigenvalue weighted by Crippen LogP contribution is 2.30. The number of rotatable bonds is 4. The molecule has 26 heavy (non-hydrogen) atoms. The molecule has 0 aliphatic carbocycles. The summed E-state index contributed by atoms with van der Waals surface area (Å²) in [6, 6.07) is 4.02. The van der Waals surface area contributed by atoms with Crippen molar-refractivity contribution in [2.75, 3.05) is 19.6 Å². The zero-order chi connectivity index (χ0) is 19.8. The molecule has 0 saturated carbocycles. The van der Waals surface area contributed by atoms with E-state index in [0.717, 1.165) is 0 Å². The fourth-order valence-electron chi connectivity index (χ4n) is 2.71. The van der Waals surface area contributed by atoms with Gasteiger partial charge >= 0.3 is 5.97 Å². The maximum Gasteiger partial charge on any atom is 0.340 e. The molecule has 146 valence electrons. The minimum absolute atomic E-state index is 0.0744. The summed E-state index contributed by atoms with van der Waals surface area (Å²) in [5, 5.41) is 10.4. The van der Waals surface area contributed by atoms with Gasteiger partial charge in [0, 0.05) is 24.7 Å². The standard InChI is InChI=1S/C17H25ClN2O5S/c1-16(2,3)25-15(21)13-10-12(18)4-5-14(13)26(23,24)20-8-6-17(22,11-19)7-9-20/h4-5,10,22H,6-9,11,19H2,1-3H3. The van der Waals surface area contributed by atoms with E-state index >= 15 is 0 Å². The third-order valence-corrected chi connectivity index (χ3v) is 6.40. The third kappa shape index (κ3) is 4.75. The Morgan fingerprint density at radius 3 is 2.42 bits per heavy atom. The Bertz CT molecular complexity index is 781. The van der Waals surface area contributed by atoms with Gasteiger partial charge in [0.2, 0.25) is 10.0 Å². The summed E-state index contributed by atoms with van der Waals surface area (Å²) in [6.07, 6.45) is 0.468. The molecule has 1 heterocycles. The van der Waals surface area contributed by atoms with Crippen LogP contribution in [0.5, 0.6) is 0 Å². The summed E-state index contributed by atoms with van der Waals surface area (Å²) in [7, 11) is -3.95. The predicted molar refractivity (Wildman–Crippen MR) is 98.6 cm³/mol. The number of nitrogens with two attached hydrogens (primary N) is 1. The number of hydrogen-bond donors (Lipinski definition) is 2. The molecule has 9 heteroatoms. The highest BCUT2D eigenvalue weighted by Gasteiger charge is 2.38. The van der Waals surface area contributed by atoms with Gasteiger partial charge < -0.3 is 15.6 Å². The first kappa shape index (κ1) is 21.1. The Hall–Kier alpha value is -1.19. The molecule has 0 amide bonds. The van der Waals surface area contributed by atoms with Crippen LogP contribution in [0.25, 0.3) is 0 Å². The molecule has 1 aliphatic heterocycles. The molecule has 7 nitrogen and oxygen atoms in total. The lowest BCUT2D eigenvalue weighted by atomic mass is 9.93. The van der Waals surface area contributed by atoms with Crippen LogP contribution in [0.4, 0.5) is 0 Å². The number of aliphatic hydroxyl groups is 1. The van der Waals surface area contributed by atoms with Crippen molar-refractivity contribution in [1.29, 1.82) is 0 Å².